The van der Waals surface area contributed by atoms with Gasteiger partial charge in [0.1, 0.15) is 12.6 Å². The molecule has 0 heterocycles. The normalized spacial score (nSPS) is 12.8. The van der Waals surface area contributed by atoms with Gasteiger partial charge in [-0.25, -0.2) is 8.42 Å². The lowest BCUT2D eigenvalue weighted by Crippen LogP contribution is -2.54. The van der Waals surface area contributed by atoms with E-state index in [4.69, 9.17) is 11.6 Å². The predicted molar refractivity (Wildman–Crippen MR) is 156 cm³/mol. The Balaban J connectivity index is 1.99. The van der Waals surface area contributed by atoms with Crippen LogP contribution in [0, 0.1) is 0 Å². The summed E-state index contributed by atoms with van der Waals surface area (Å²) in [7, 11) is -4.12. The maximum atomic E-state index is 14.0. The molecule has 0 unspecified atom stereocenters. The lowest BCUT2D eigenvalue weighted by molar-refractivity contribution is -0.139. The van der Waals surface area contributed by atoms with E-state index in [0.29, 0.717) is 17.9 Å². The highest BCUT2D eigenvalue weighted by Crippen LogP contribution is 2.26. The lowest BCUT2D eigenvalue weighted by atomic mass is 10.1. The second-order valence-electron chi connectivity index (χ2n) is 9.37. The number of sulfonamides is 1. The van der Waals surface area contributed by atoms with Crippen molar-refractivity contribution in [2.45, 2.75) is 57.0 Å². The van der Waals surface area contributed by atoms with Crippen LogP contribution in [0.15, 0.2) is 89.8 Å². The number of anilines is 1. The maximum Gasteiger partial charge on any atom is 0.264 e. The van der Waals surface area contributed by atoms with Crippen molar-refractivity contribution in [2.75, 3.05) is 17.4 Å². The quantitative estimate of drug-likeness (QED) is 0.303. The van der Waals surface area contributed by atoms with Crippen LogP contribution in [0.25, 0.3) is 0 Å². The summed E-state index contributed by atoms with van der Waals surface area (Å²) >= 11 is 6.21. The number of hydrogen-bond acceptors (Lipinski definition) is 4. The molecule has 0 aromatic heterocycles. The zero-order valence-electron chi connectivity index (χ0n) is 22.6. The largest absolute Gasteiger partial charge is 0.352 e. The first-order valence-corrected chi connectivity index (χ1v) is 15.0. The van der Waals surface area contributed by atoms with Crippen molar-refractivity contribution in [1.29, 1.82) is 0 Å². The Labute approximate surface area is 236 Å². The molecule has 9 heteroatoms. The Morgan fingerprint density at radius 3 is 2.13 bits per heavy atom. The Kier molecular flexibility index (Phi) is 10.9. The average molecular weight is 570 g/mol. The predicted octanol–water partition coefficient (Wildman–Crippen LogP) is 5.30. The average Bonchev–Trinajstić information content (AvgIpc) is 2.94. The van der Waals surface area contributed by atoms with Crippen molar-refractivity contribution >= 4 is 39.1 Å². The first kappa shape index (κ1) is 30.2. The topological polar surface area (TPSA) is 86.8 Å². The van der Waals surface area contributed by atoms with Crippen LogP contribution in [0.3, 0.4) is 0 Å². The number of carbonyl (C=O) groups is 2. The highest BCUT2D eigenvalue weighted by atomic mass is 35.5. The van der Waals surface area contributed by atoms with Gasteiger partial charge in [-0.1, -0.05) is 80.0 Å². The number of nitrogens with zero attached hydrogens (tertiary/aromatic N) is 2. The summed E-state index contributed by atoms with van der Waals surface area (Å²) in [6.07, 6.45) is 1.64. The zero-order chi connectivity index (χ0) is 28.4. The molecule has 7 nitrogen and oxygen atoms in total. The summed E-state index contributed by atoms with van der Waals surface area (Å²) in [6.45, 7) is 5.50. The minimum absolute atomic E-state index is 0.0511. The molecule has 0 saturated carbocycles. The van der Waals surface area contributed by atoms with Crippen molar-refractivity contribution < 1.29 is 18.0 Å². The smallest absolute Gasteiger partial charge is 0.264 e. The number of halogens is 1. The summed E-state index contributed by atoms with van der Waals surface area (Å²) in [5.41, 5.74) is 1.27. The molecule has 0 aliphatic carbocycles. The fourth-order valence-corrected chi connectivity index (χ4v) is 5.83. The molecular formula is C30H36ClN3O4S. The number of benzene rings is 3. The van der Waals surface area contributed by atoms with Gasteiger partial charge in [-0.05, 0) is 62.1 Å². The van der Waals surface area contributed by atoms with Crippen LogP contribution in [0.2, 0.25) is 5.02 Å². The van der Waals surface area contributed by atoms with E-state index < -0.39 is 28.5 Å². The molecule has 0 aliphatic heterocycles. The van der Waals surface area contributed by atoms with Crippen molar-refractivity contribution in [3.8, 4) is 0 Å². The van der Waals surface area contributed by atoms with Gasteiger partial charge in [0.05, 0.1) is 10.6 Å². The second kappa shape index (κ2) is 14.1. The van der Waals surface area contributed by atoms with Crippen LogP contribution in [-0.4, -0.2) is 50.3 Å². The van der Waals surface area contributed by atoms with Gasteiger partial charge < -0.3 is 10.2 Å². The summed E-state index contributed by atoms with van der Waals surface area (Å²) in [5.74, 6) is -0.731. The molecule has 0 aliphatic rings. The highest BCUT2D eigenvalue weighted by molar-refractivity contribution is 7.92. The SMILES string of the molecule is CC[C@@H](C)NC(=O)[C@H](CC)N(CCc1ccccc1)C(=O)CN(c1cccc(Cl)c1)S(=O)(=O)c1ccccc1. The lowest BCUT2D eigenvalue weighted by Gasteiger charge is -2.33. The molecule has 0 saturated heterocycles. The third-order valence-electron chi connectivity index (χ3n) is 6.58. The van der Waals surface area contributed by atoms with E-state index in [1.165, 1.54) is 23.1 Å². The van der Waals surface area contributed by atoms with Gasteiger partial charge in [0, 0.05) is 17.6 Å². The van der Waals surface area contributed by atoms with Gasteiger partial charge in [-0.15, -0.1) is 0 Å². The molecule has 39 heavy (non-hydrogen) atoms. The van der Waals surface area contributed by atoms with E-state index in [-0.39, 0.29) is 29.1 Å². The summed E-state index contributed by atoms with van der Waals surface area (Å²) in [6, 6.07) is 23.2. The van der Waals surface area contributed by atoms with Crippen molar-refractivity contribution in [3.63, 3.8) is 0 Å². The molecule has 208 valence electrons. The van der Waals surface area contributed by atoms with Crippen LogP contribution in [-0.2, 0) is 26.0 Å². The van der Waals surface area contributed by atoms with Crippen LogP contribution in [0.4, 0.5) is 5.69 Å². The Hall–Kier alpha value is -3.36. The number of amides is 2. The molecule has 2 amide bonds. The minimum atomic E-state index is -4.12. The fraction of sp³-hybridized carbons (Fsp3) is 0.333. The van der Waals surface area contributed by atoms with Gasteiger partial charge in [-0.2, -0.15) is 0 Å². The van der Waals surface area contributed by atoms with Gasteiger partial charge in [0.25, 0.3) is 10.0 Å². The van der Waals surface area contributed by atoms with Crippen LogP contribution in [0.1, 0.15) is 39.2 Å². The zero-order valence-corrected chi connectivity index (χ0v) is 24.2. The van der Waals surface area contributed by atoms with E-state index in [2.05, 4.69) is 5.32 Å². The number of hydrogen-bond donors (Lipinski definition) is 1. The van der Waals surface area contributed by atoms with Crippen molar-refractivity contribution in [2.24, 2.45) is 0 Å². The van der Waals surface area contributed by atoms with E-state index >= 15 is 0 Å². The molecule has 3 rings (SSSR count). The molecular weight excluding hydrogens is 534 g/mol. The van der Waals surface area contributed by atoms with Crippen LogP contribution in [0.5, 0.6) is 0 Å². The highest BCUT2D eigenvalue weighted by Gasteiger charge is 2.33. The molecule has 0 bridgehead atoms. The van der Waals surface area contributed by atoms with E-state index in [9.17, 15) is 18.0 Å². The fourth-order valence-electron chi connectivity index (χ4n) is 4.22. The summed E-state index contributed by atoms with van der Waals surface area (Å²) in [4.78, 5) is 28.8. The Morgan fingerprint density at radius 1 is 0.897 bits per heavy atom. The number of carbonyl (C=O) groups excluding carboxylic acids is 2. The van der Waals surface area contributed by atoms with Gasteiger partial charge in [-0.3, -0.25) is 13.9 Å². The maximum absolute atomic E-state index is 14.0. The van der Waals surface area contributed by atoms with Crippen molar-refractivity contribution in [3.05, 3.63) is 95.5 Å². The summed E-state index contributed by atoms with van der Waals surface area (Å²) in [5, 5.41) is 3.32. The molecule has 0 fully saturated rings. The first-order chi connectivity index (χ1) is 18.7. The molecule has 3 aromatic rings. The van der Waals surface area contributed by atoms with Crippen molar-refractivity contribution in [1.82, 2.24) is 10.2 Å². The Morgan fingerprint density at radius 2 is 1.54 bits per heavy atom. The number of rotatable bonds is 13. The Bertz CT molecular complexity index is 1340. The van der Waals surface area contributed by atoms with Crippen LogP contribution < -0.4 is 9.62 Å². The molecule has 0 spiro atoms. The monoisotopic (exact) mass is 569 g/mol. The van der Waals surface area contributed by atoms with Gasteiger partial charge in [0.2, 0.25) is 11.8 Å². The third-order valence-corrected chi connectivity index (χ3v) is 8.60. The minimum Gasteiger partial charge on any atom is -0.352 e. The third kappa shape index (κ3) is 8.07. The molecule has 1 N–H and O–H groups in total. The van der Waals surface area contributed by atoms with Gasteiger partial charge in [0.15, 0.2) is 0 Å². The summed E-state index contributed by atoms with van der Waals surface area (Å²) < 4.78 is 28.6. The van der Waals surface area contributed by atoms with E-state index in [1.54, 1.807) is 36.4 Å². The second-order valence-corrected chi connectivity index (χ2v) is 11.7. The van der Waals surface area contributed by atoms with Gasteiger partial charge >= 0.3 is 0 Å². The molecule has 2 atom stereocenters. The first-order valence-electron chi connectivity index (χ1n) is 13.1. The molecule has 0 radical (unpaired) electrons. The molecule has 3 aromatic carbocycles. The van der Waals surface area contributed by atoms with Crippen LogP contribution >= 0.6 is 11.6 Å². The van der Waals surface area contributed by atoms with E-state index in [0.717, 1.165) is 16.3 Å². The number of nitrogens with one attached hydrogen (secondary N) is 1. The standard InChI is InChI=1S/C30H36ClN3O4S/c1-4-23(3)32-30(36)28(5-2)33(20-19-24-13-8-6-9-14-24)29(35)22-34(26-16-12-15-25(31)21-26)39(37,38)27-17-10-7-11-18-27/h6-18,21,23,28H,4-5,19-20,22H2,1-3H3,(H,32,36)/t23-,28+/m1/s1. The van der Waals surface area contributed by atoms with E-state index in [1.807, 2.05) is 51.1 Å².